The molecule has 1 atom stereocenters. The highest BCUT2D eigenvalue weighted by Crippen LogP contribution is 2.31. The fourth-order valence-electron chi connectivity index (χ4n) is 4.14. The fourth-order valence-corrected chi connectivity index (χ4v) is 5.16. The second-order valence-electron chi connectivity index (χ2n) is 7.60. The van der Waals surface area contributed by atoms with Crippen LogP contribution in [0.25, 0.3) is 10.2 Å². The van der Waals surface area contributed by atoms with E-state index < -0.39 is 0 Å². The molecule has 0 radical (unpaired) electrons. The molecule has 27 heavy (non-hydrogen) atoms. The number of hydrogen-bond donors (Lipinski definition) is 1. The van der Waals surface area contributed by atoms with Gasteiger partial charge in [-0.25, -0.2) is 4.98 Å². The molecule has 0 amide bonds. The van der Waals surface area contributed by atoms with E-state index in [4.69, 9.17) is 9.72 Å². The van der Waals surface area contributed by atoms with Crippen LogP contribution < -0.4 is 15.0 Å². The molecule has 2 aromatic carbocycles. The first-order valence-electron chi connectivity index (χ1n) is 9.91. The molecule has 3 heterocycles. The standard InChI is InChI=1S/C22H25N3OS/c1-3-7-20-17(5-1)13-18(26-20)15-23-14-16-9-11-25(12-10-16)22-24-19-6-2-4-8-21(19)27-22/h1-8,16,18,23H,9-15H2. The number of aromatic nitrogens is 1. The number of benzene rings is 2. The van der Waals surface area contributed by atoms with Crippen molar-refractivity contribution in [3.63, 3.8) is 0 Å². The van der Waals surface area contributed by atoms with Crippen molar-refractivity contribution in [1.82, 2.24) is 10.3 Å². The van der Waals surface area contributed by atoms with E-state index >= 15 is 0 Å². The molecule has 2 aliphatic rings. The largest absolute Gasteiger partial charge is 0.488 e. The van der Waals surface area contributed by atoms with Crippen molar-refractivity contribution in [2.75, 3.05) is 31.1 Å². The van der Waals surface area contributed by atoms with E-state index in [2.05, 4.69) is 52.7 Å². The minimum absolute atomic E-state index is 0.283. The fraction of sp³-hybridized carbons (Fsp3) is 0.409. The number of anilines is 1. The summed E-state index contributed by atoms with van der Waals surface area (Å²) in [6, 6.07) is 16.8. The summed E-state index contributed by atoms with van der Waals surface area (Å²) in [6.07, 6.45) is 3.77. The van der Waals surface area contributed by atoms with Gasteiger partial charge in [0.05, 0.1) is 10.2 Å². The van der Waals surface area contributed by atoms with Gasteiger partial charge in [-0.2, -0.15) is 0 Å². The first kappa shape index (κ1) is 17.0. The number of hydrogen-bond acceptors (Lipinski definition) is 5. The Morgan fingerprint density at radius 2 is 1.85 bits per heavy atom. The molecule has 1 saturated heterocycles. The Kier molecular flexibility index (Phi) is 4.72. The van der Waals surface area contributed by atoms with Crippen molar-refractivity contribution >= 4 is 26.7 Å². The highest BCUT2D eigenvalue weighted by molar-refractivity contribution is 7.22. The Morgan fingerprint density at radius 1 is 1.04 bits per heavy atom. The Balaban J connectivity index is 1.08. The first-order chi connectivity index (χ1) is 13.3. The van der Waals surface area contributed by atoms with Crippen LogP contribution in [-0.4, -0.2) is 37.3 Å². The number of para-hydroxylation sites is 2. The van der Waals surface area contributed by atoms with Crippen LogP contribution in [0.1, 0.15) is 18.4 Å². The number of ether oxygens (including phenoxy) is 1. The second-order valence-corrected chi connectivity index (χ2v) is 8.61. The second kappa shape index (κ2) is 7.49. The van der Waals surface area contributed by atoms with E-state index in [0.717, 1.165) is 49.8 Å². The van der Waals surface area contributed by atoms with E-state index in [1.165, 1.54) is 28.2 Å². The van der Waals surface area contributed by atoms with Gasteiger partial charge in [-0.3, -0.25) is 0 Å². The highest BCUT2D eigenvalue weighted by Gasteiger charge is 2.24. The van der Waals surface area contributed by atoms with Gasteiger partial charge >= 0.3 is 0 Å². The van der Waals surface area contributed by atoms with Gasteiger partial charge in [-0.05, 0) is 49.1 Å². The zero-order chi connectivity index (χ0) is 18.1. The number of nitrogens with one attached hydrogen (secondary N) is 1. The number of rotatable bonds is 5. The van der Waals surface area contributed by atoms with Gasteiger partial charge in [0.15, 0.2) is 5.13 Å². The molecule has 1 N–H and O–H groups in total. The molecule has 1 unspecified atom stereocenters. The van der Waals surface area contributed by atoms with Crippen molar-refractivity contribution < 1.29 is 4.74 Å². The maximum Gasteiger partial charge on any atom is 0.186 e. The van der Waals surface area contributed by atoms with Crippen molar-refractivity contribution in [1.29, 1.82) is 0 Å². The molecule has 0 bridgehead atoms. The lowest BCUT2D eigenvalue weighted by atomic mass is 9.97. The maximum atomic E-state index is 6.02. The maximum absolute atomic E-state index is 6.02. The van der Waals surface area contributed by atoms with E-state index in [0.29, 0.717) is 0 Å². The van der Waals surface area contributed by atoms with Crippen molar-refractivity contribution in [2.24, 2.45) is 5.92 Å². The van der Waals surface area contributed by atoms with Crippen LogP contribution in [0.5, 0.6) is 5.75 Å². The van der Waals surface area contributed by atoms with Crippen LogP contribution in [0.15, 0.2) is 48.5 Å². The molecule has 0 saturated carbocycles. The van der Waals surface area contributed by atoms with Gasteiger partial charge in [0.1, 0.15) is 11.9 Å². The quantitative estimate of drug-likeness (QED) is 0.724. The molecule has 0 spiro atoms. The molecular formula is C22H25N3OS. The van der Waals surface area contributed by atoms with Crippen LogP contribution in [-0.2, 0) is 6.42 Å². The van der Waals surface area contributed by atoms with Gasteiger partial charge in [0.25, 0.3) is 0 Å². The van der Waals surface area contributed by atoms with E-state index in [-0.39, 0.29) is 6.10 Å². The van der Waals surface area contributed by atoms with Gasteiger partial charge < -0.3 is 15.0 Å². The Bertz CT molecular complexity index is 859. The van der Waals surface area contributed by atoms with E-state index in [9.17, 15) is 0 Å². The van der Waals surface area contributed by atoms with Crippen LogP contribution in [0.4, 0.5) is 5.13 Å². The number of thiazole rings is 1. The highest BCUT2D eigenvalue weighted by atomic mass is 32.1. The third-order valence-electron chi connectivity index (χ3n) is 5.69. The zero-order valence-electron chi connectivity index (χ0n) is 15.4. The third kappa shape index (κ3) is 3.66. The van der Waals surface area contributed by atoms with E-state index in [1.54, 1.807) is 0 Å². The summed E-state index contributed by atoms with van der Waals surface area (Å²) in [4.78, 5) is 7.26. The smallest absolute Gasteiger partial charge is 0.186 e. The lowest BCUT2D eigenvalue weighted by molar-refractivity contribution is 0.222. The molecule has 140 valence electrons. The van der Waals surface area contributed by atoms with Gasteiger partial charge in [-0.15, -0.1) is 0 Å². The molecule has 4 nitrogen and oxygen atoms in total. The number of piperidine rings is 1. The zero-order valence-corrected chi connectivity index (χ0v) is 16.3. The minimum atomic E-state index is 0.283. The summed E-state index contributed by atoms with van der Waals surface area (Å²) in [5, 5.41) is 4.83. The molecule has 0 aliphatic carbocycles. The third-order valence-corrected chi connectivity index (χ3v) is 6.78. The van der Waals surface area contributed by atoms with Crippen molar-refractivity contribution in [3.05, 3.63) is 54.1 Å². The number of fused-ring (bicyclic) bond motifs is 2. The molecule has 3 aromatic rings. The molecule has 1 aromatic heterocycles. The van der Waals surface area contributed by atoms with Crippen molar-refractivity contribution in [2.45, 2.75) is 25.4 Å². The van der Waals surface area contributed by atoms with Crippen molar-refractivity contribution in [3.8, 4) is 5.75 Å². The predicted molar refractivity (Wildman–Crippen MR) is 112 cm³/mol. The Hall–Kier alpha value is -2.11. The summed E-state index contributed by atoms with van der Waals surface area (Å²) in [5.41, 5.74) is 2.47. The topological polar surface area (TPSA) is 37.4 Å². The van der Waals surface area contributed by atoms with Crippen LogP contribution in [0.3, 0.4) is 0 Å². The molecule has 2 aliphatic heterocycles. The molecule has 1 fully saturated rings. The monoisotopic (exact) mass is 379 g/mol. The number of nitrogens with zero attached hydrogens (tertiary/aromatic N) is 2. The average Bonchev–Trinajstić information content (AvgIpc) is 3.32. The normalized spacial score (nSPS) is 20.0. The van der Waals surface area contributed by atoms with Crippen LogP contribution >= 0.6 is 11.3 Å². The summed E-state index contributed by atoms with van der Waals surface area (Å²) < 4.78 is 7.31. The van der Waals surface area contributed by atoms with Crippen LogP contribution in [0, 0.1) is 5.92 Å². The van der Waals surface area contributed by atoms with Crippen LogP contribution in [0.2, 0.25) is 0 Å². The van der Waals surface area contributed by atoms with Gasteiger partial charge in [0.2, 0.25) is 0 Å². The molecule has 5 rings (SSSR count). The summed E-state index contributed by atoms with van der Waals surface area (Å²) in [7, 11) is 0. The lowest BCUT2D eigenvalue weighted by Gasteiger charge is -2.32. The van der Waals surface area contributed by atoms with Gasteiger partial charge in [-0.1, -0.05) is 41.7 Å². The van der Waals surface area contributed by atoms with E-state index in [1.807, 2.05) is 17.4 Å². The lowest BCUT2D eigenvalue weighted by Crippen LogP contribution is -2.39. The minimum Gasteiger partial charge on any atom is -0.488 e. The first-order valence-corrected chi connectivity index (χ1v) is 10.7. The average molecular weight is 380 g/mol. The SMILES string of the molecule is c1ccc2c(c1)CC(CNCC1CCN(c3nc4ccccc4s3)CC1)O2. The molecule has 5 heteroatoms. The predicted octanol–water partition coefficient (Wildman–Crippen LogP) is 4.11. The summed E-state index contributed by atoms with van der Waals surface area (Å²) in [6.45, 7) is 4.24. The Labute approximate surface area is 164 Å². The summed E-state index contributed by atoms with van der Waals surface area (Å²) in [5.74, 6) is 1.81. The Morgan fingerprint density at radius 3 is 2.70 bits per heavy atom. The molecular weight excluding hydrogens is 354 g/mol. The summed E-state index contributed by atoms with van der Waals surface area (Å²) >= 11 is 1.82. The van der Waals surface area contributed by atoms with Gasteiger partial charge in [0, 0.05) is 26.1 Å².